The predicted molar refractivity (Wildman–Crippen MR) is 96.4 cm³/mol. The monoisotopic (exact) mass is 400 g/mol. The lowest BCUT2D eigenvalue weighted by atomic mass is 10.1. The summed E-state index contributed by atoms with van der Waals surface area (Å²) in [6.45, 7) is 1.89. The highest BCUT2D eigenvalue weighted by atomic mass is 35.5. The molecule has 0 saturated carbocycles. The Labute approximate surface area is 161 Å². The van der Waals surface area contributed by atoms with Crippen molar-refractivity contribution in [2.75, 3.05) is 20.8 Å². The number of carbonyl (C=O) groups excluding carboxylic acids is 1. The highest BCUT2D eigenvalue weighted by Gasteiger charge is 2.26. The summed E-state index contributed by atoms with van der Waals surface area (Å²) in [7, 11) is 2.88. The normalized spacial score (nSPS) is 11.6. The van der Waals surface area contributed by atoms with Gasteiger partial charge in [-0.3, -0.25) is 0 Å². The first-order chi connectivity index (χ1) is 12.5. The summed E-state index contributed by atoms with van der Waals surface area (Å²) >= 11 is 12.4. The third-order valence-corrected chi connectivity index (χ3v) is 4.03. The van der Waals surface area contributed by atoms with Crippen LogP contribution < -0.4 is 14.2 Å². The van der Waals surface area contributed by atoms with Gasteiger partial charge in [-0.05, 0) is 24.6 Å². The summed E-state index contributed by atoms with van der Waals surface area (Å²) in [5.74, 6) is -0.135. The fourth-order valence-corrected chi connectivity index (χ4v) is 2.65. The fraction of sp³-hybridized carbons (Fsp3) is 0.353. The third-order valence-electron chi connectivity index (χ3n) is 3.33. The molecule has 26 heavy (non-hydrogen) atoms. The van der Waals surface area contributed by atoms with Crippen molar-refractivity contribution in [1.82, 2.24) is 9.97 Å². The molecule has 0 N–H and O–H groups in total. The fourth-order valence-electron chi connectivity index (χ4n) is 2.09. The maximum absolute atomic E-state index is 12.3. The number of benzene rings is 1. The van der Waals surface area contributed by atoms with Crippen molar-refractivity contribution in [1.29, 1.82) is 0 Å². The van der Waals surface area contributed by atoms with E-state index in [0.29, 0.717) is 15.6 Å². The summed E-state index contributed by atoms with van der Waals surface area (Å²) < 4.78 is 20.9. The highest BCUT2D eigenvalue weighted by Crippen LogP contribution is 2.27. The van der Waals surface area contributed by atoms with Gasteiger partial charge in [0.15, 0.2) is 0 Å². The molecule has 1 heterocycles. The summed E-state index contributed by atoms with van der Waals surface area (Å²) in [6.07, 6.45) is -0.968. The van der Waals surface area contributed by atoms with E-state index in [0.717, 1.165) is 0 Å². The van der Waals surface area contributed by atoms with E-state index in [-0.39, 0.29) is 30.8 Å². The molecule has 0 aliphatic heterocycles. The first kappa shape index (κ1) is 20.1. The molecule has 1 aromatic heterocycles. The van der Waals surface area contributed by atoms with Crippen LogP contribution in [0.3, 0.4) is 0 Å². The summed E-state index contributed by atoms with van der Waals surface area (Å²) in [4.78, 5) is 20.5. The minimum Gasteiger partial charge on any atom is -0.481 e. The Morgan fingerprint density at radius 1 is 1.12 bits per heavy atom. The topological polar surface area (TPSA) is 79.8 Å². The van der Waals surface area contributed by atoms with Crippen molar-refractivity contribution < 1.29 is 23.7 Å². The van der Waals surface area contributed by atoms with Crippen molar-refractivity contribution >= 4 is 29.2 Å². The Morgan fingerprint density at radius 2 is 1.69 bits per heavy atom. The molecule has 0 aliphatic rings. The van der Waals surface area contributed by atoms with Gasteiger partial charge in [0.1, 0.15) is 0 Å². The van der Waals surface area contributed by atoms with Crippen molar-refractivity contribution in [2.24, 2.45) is 0 Å². The Morgan fingerprint density at radius 3 is 2.19 bits per heavy atom. The van der Waals surface area contributed by atoms with E-state index in [9.17, 15) is 4.79 Å². The number of esters is 1. The van der Waals surface area contributed by atoms with Gasteiger partial charge in [-0.15, -0.1) is 0 Å². The first-order valence-corrected chi connectivity index (χ1v) is 8.47. The van der Waals surface area contributed by atoms with Crippen LogP contribution >= 0.6 is 23.2 Å². The Balaban J connectivity index is 2.32. The quantitative estimate of drug-likeness (QED) is 0.628. The molecular weight excluding hydrogens is 383 g/mol. The number of halogens is 2. The second kappa shape index (κ2) is 9.45. The zero-order valence-corrected chi connectivity index (χ0v) is 16.0. The van der Waals surface area contributed by atoms with Gasteiger partial charge in [-0.1, -0.05) is 29.3 Å². The smallest absolute Gasteiger partial charge is 0.347 e. The Hall–Kier alpha value is -2.25. The average molecular weight is 401 g/mol. The van der Waals surface area contributed by atoms with Gasteiger partial charge in [0, 0.05) is 16.5 Å². The largest absolute Gasteiger partial charge is 0.481 e. The molecule has 0 amide bonds. The lowest BCUT2D eigenvalue weighted by Gasteiger charge is -2.18. The van der Waals surface area contributed by atoms with Gasteiger partial charge in [0.05, 0.1) is 26.9 Å². The number of ether oxygens (including phenoxy) is 4. The van der Waals surface area contributed by atoms with Crippen LogP contribution in [0, 0.1) is 0 Å². The zero-order chi connectivity index (χ0) is 19.1. The number of rotatable bonds is 8. The van der Waals surface area contributed by atoms with Gasteiger partial charge >= 0.3 is 12.0 Å². The molecule has 1 aromatic carbocycles. The number of aromatic nitrogens is 2. The van der Waals surface area contributed by atoms with Crippen LogP contribution in [0.1, 0.15) is 12.5 Å². The number of nitrogens with zero attached hydrogens (tertiary/aromatic N) is 2. The van der Waals surface area contributed by atoms with E-state index >= 15 is 0 Å². The third kappa shape index (κ3) is 5.12. The van der Waals surface area contributed by atoms with E-state index in [2.05, 4.69) is 9.97 Å². The molecule has 0 bridgehead atoms. The molecule has 7 nitrogen and oxygen atoms in total. The van der Waals surface area contributed by atoms with Crippen LogP contribution in [0.5, 0.6) is 17.8 Å². The molecule has 1 unspecified atom stereocenters. The summed E-state index contributed by atoms with van der Waals surface area (Å²) in [5.41, 5.74) is 0.559. The van der Waals surface area contributed by atoms with Gasteiger partial charge in [0.25, 0.3) is 0 Å². The van der Waals surface area contributed by atoms with Crippen molar-refractivity contribution in [3.05, 3.63) is 39.9 Å². The van der Waals surface area contributed by atoms with Gasteiger partial charge in [-0.2, -0.15) is 9.97 Å². The lowest BCUT2D eigenvalue weighted by molar-refractivity contribution is -0.151. The maximum atomic E-state index is 12.3. The van der Waals surface area contributed by atoms with Crippen molar-refractivity contribution in [3.8, 4) is 17.8 Å². The molecule has 2 aromatic rings. The van der Waals surface area contributed by atoms with Crippen LogP contribution in [-0.2, 0) is 16.0 Å². The molecule has 140 valence electrons. The molecule has 0 fully saturated rings. The van der Waals surface area contributed by atoms with Crippen LogP contribution in [0.2, 0.25) is 10.0 Å². The average Bonchev–Trinajstić information content (AvgIpc) is 2.63. The first-order valence-electron chi connectivity index (χ1n) is 7.71. The van der Waals surface area contributed by atoms with E-state index in [1.54, 1.807) is 25.1 Å². The van der Waals surface area contributed by atoms with E-state index in [4.69, 9.17) is 42.1 Å². The molecule has 1 atom stereocenters. The summed E-state index contributed by atoms with van der Waals surface area (Å²) in [6, 6.07) is 6.45. The van der Waals surface area contributed by atoms with E-state index in [1.807, 2.05) is 0 Å². The molecule has 0 spiro atoms. The maximum Gasteiger partial charge on any atom is 0.347 e. The van der Waals surface area contributed by atoms with Crippen LogP contribution in [0.15, 0.2) is 24.3 Å². The van der Waals surface area contributed by atoms with Crippen molar-refractivity contribution in [3.63, 3.8) is 0 Å². The minimum absolute atomic E-state index is 0.0836. The van der Waals surface area contributed by atoms with Crippen LogP contribution in [0.25, 0.3) is 0 Å². The molecule has 0 radical (unpaired) electrons. The minimum atomic E-state index is -1.05. The Bertz CT molecular complexity index is 730. The van der Waals surface area contributed by atoms with Gasteiger partial charge in [0.2, 0.25) is 17.9 Å². The molecule has 0 aliphatic carbocycles. The van der Waals surface area contributed by atoms with Crippen molar-refractivity contribution in [2.45, 2.75) is 19.4 Å². The lowest BCUT2D eigenvalue weighted by Crippen LogP contribution is -2.32. The number of hydrogen-bond acceptors (Lipinski definition) is 7. The number of carbonyl (C=O) groups is 1. The number of methoxy groups -OCH3 is 2. The van der Waals surface area contributed by atoms with Gasteiger partial charge in [-0.25, -0.2) is 4.79 Å². The molecule has 9 heteroatoms. The SMILES string of the molecule is CCOC(=O)C(Cc1c(Cl)cccc1Cl)Oc1nc(OC)cc(OC)n1. The molecular formula is C17H18Cl2N2O5. The van der Waals surface area contributed by atoms with Crippen LogP contribution in [0.4, 0.5) is 0 Å². The Kier molecular flexibility index (Phi) is 7.29. The van der Waals surface area contributed by atoms with Crippen LogP contribution in [-0.4, -0.2) is 42.9 Å². The summed E-state index contributed by atoms with van der Waals surface area (Å²) in [5, 5.41) is 0.832. The number of hydrogen-bond donors (Lipinski definition) is 0. The zero-order valence-electron chi connectivity index (χ0n) is 14.5. The standard InChI is InChI=1S/C17H18Cl2N2O5/c1-4-25-16(22)13(8-10-11(18)6-5-7-12(10)19)26-17-20-14(23-2)9-15(21-17)24-3/h5-7,9,13H,4,8H2,1-3H3. The predicted octanol–water partition coefficient (Wildman–Crippen LogP) is 3.35. The second-order valence-electron chi connectivity index (χ2n) is 5.00. The van der Waals surface area contributed by atoms with Gasteiger partial charge < -0.3 is 18.9 Å². The second-order valence-corrected chi connectivity index (χ2v) is 5.81. The molecule has 2 rings (SSSR count). The van der Waals surface area contributed by atoms with E-state index in [1.165, 1.54) is 20.3 Å². The highest BCUT2D eigenvalue weighted by molar-refractivity contribution is 6.36. The molecule has 0 saturated heterocycles. The van der Waals surface area contributed by atoms with E-state index < -0.39 is 12.1 Å².